The van der Waals surface area contributed by atoms with Crippen LogP contribution in [-0.2, 0) is 10.9 Å². The second-order valence-electron chi connectivity index (χ2n) is 5.73. The molecule has 6 nitrogen and oxygen atoms in total. The van der Waals surface area contributed by atoms with Crippen LogP contribution in [0.2, 0.25) is 0 Å². The number of halogens is 3. The van der Waals surface area contributed by atoms with Gasteiger partial charge in [0.25, 0.3) is 0 Å². The van der Waals surface area contributed by atoms with E-state index in [1.807, 2.05) is 13.8 Å². The Morgan fingerprint density at radius 2 is 1.69 bits per heavy atom. The monoisotopic (exact) mass is 406 g/mol. The Hall–Kier alpha value is -3.49. The molecule has 1 aromatic heterocycles. The van der Waals surface area contributed by atoms with Crippen molar-refractivity contribution in [1.29, 1.82) is 0 Å². The number of fused-ring (bicyclic) bond motifs is 1. The van der Waals surface area contributed by atoms with Crippen molar-refractivity contribution in [2.24, 2.45) is 10.9 Å². The maximum atomic E-state index is 12.8. The number of alkyl halides is 3. The van der Waals surface area contributed by atoms with Gasteiger partial charge in [0.05, 0.1) is 18.2 Å². The van der Waals surface area contributed by atoms with E-state index in [1.54, 1.807) is 12.1 Å². The summed E-state index contributed by atoms with van der Waals surface area (Å²) >= 11 is 0. The van der Waals surface area contributed by atoms with Crippen LogP contribution in [-0.4, -0.2) is 17.8 Å². The lowest BCUT2D eigenvalue weighted by Gasteiger charge is -2.13. The fourth-order valence-electron chi connectivity index (χ4n) is 2.82. The standard InChI is InChI=1S/C18H15F3N4O2.C2H6/c1-27-17(26)11-4-7-13-14(8-11)16(24-22)25(23)9-15(13)10-2-5-12(6-3-10)18(19,20)21;1-2/h2-9H,22-23H2,1H3;1-2H3/b24-16-;. The van der Waals surface area contributed by atoms with Gasteiger partial charge >= 0.3 is 12.1 Å². The van der Waals surface area contributed by atoms with Crippen LogP contribution in [0.15, 0.2) is 53.8 Å². The molecule has 0 spiro atoms. The van der Waals surface area contributed by atoms with Gasteiger partial charge in [-0.15, -0.1) is 0 Å². The molecule has 0 fully saturated rings. The van der Waals surface area contributed by atoms with Crippen molar-refractivity contribution in [3.63, 3.8) is 0 Å². The fourth-order valence-corrected chi connectivity index (χ4v) is 2.82. The van der Waals surface area contributed by atoms with E-state index in [2.05, 4.69) is 5.10 Å². The number of benzene rings is 2. The fraction of sp³-hybridized carbons (Fsp3) is 0.200. The maximum absolute atomic E-state index is 12.8. The predicted molar refractivity (Wildman–Crippen MR) is 105 cm³/mol. The first-order valence-corrected chi connectivity index (χ1v) is 8.70. The topological polar surface area (TPSA) is 95.6 Å². The number of nitrogens with two attached hydrogens (primary N) is 2. The molecule has 1 heterocycles. The Morgan fingerprint density at radius 1 is 1.07 bits per heavy atom. The highest BCUT2D eigenvalue weighted by Crippen LogP contribution is 2.32. The third-order valence-electron chi connectivity index (χ3n) is 4.13. The molecule has 0 bridgehead atoms. The van der Waals surface area contributed by atoms with Crippen LogP contribution in [0, 0.1) is 0 Å². The predicted octanol–water partition coefficient (Wildman–Crippen LogP) is 3.63. The van der Waals surface area contributed by atoms with Gasteiger partial charge in [-0.2, -0.15) is 18.3 Å². The number of nitrogen functional groups attached to an aromatic ring is 1. The maximum Gasteiger partial charge on any atom is 0.416 e. The Labute approximate surface area is 165 Å². The van der Waals surface area contributed by atoms with E-state index in [-0.39, 0.29) is 11.1 Å². The number of carbonyl (C=O) groups is 1. The summed E-state index contributed by atoms with van der Waals surface area (Å²) in [5.41, 5.74) is 0.787. The highest BCUT2D eigenvalue weighted by molar-refractivity contribution is 6.00. The molecule has 0 atom stereocenters. The number of carbonyl (C=O) groups excluding carboxylic acids is 1. The van der Waals surface area contributed by atoms with E-state index < -0.39 is 17.7 Å². The number of ether oxygens (including phenoxy) is 1. The van der Waals surface area contributed by atoms with Crippen molar-refractivity contribution in [3.05, 3.63) is 65.3 Å². The van der Waals surface area contributed by atoms with Crippen LogP contribution >= 0.6 is 0 Å². The summed E-state index contributed by atoms with van der Waals surface area (Å²) < 4.78 is 44.2. The number of pyridine rings is 1. The number of aromatic nitrogens is 1. The van der Waals surface area contributed by atoms with Gasteiger partial charge in [0.1, 0.15) is 0 Å². The van der Waals surface area contributed by atoms with E-state index in [0.29, 0.717) is 21.9 Å². The van der Waals surface area contributed by atoms with Gasteiger partial charge in [0, 0.05) is 17.1 Å². The molecule has 0 aliphatic carbocycles. The molecule has 0 aliphatic rings. The molecule has 0 saturated heterocycles. The Kier molecular flexibility index (Phi) is 6.53. The molecule has 0 radical (unpaired) electrons. The molecule has 9 heteroatoms. The Bertz CT molecular complexity index is 1090. The lowest BCUT2D eigenvalue weighted by Crippen LogP contribution is -2.29. The molecule has 2 aromatic carbocycles. The summed E-state index contributed by atoms with van der Waals surface area (Å²) in [4.78, 5) is 11.8. The molecule has 4 N–H and O–H groups in total. The quantitative estimate of drug-likeness (QED) is 0.386. The van der Waals surface area contributed by atoms with Crippen LogP contribution in [0.25, 0.3) is 21.9 Å². The average molecular weight is 406 g/mol. The second-order valence-corrected chi connectivity index (χ2v) is 5.73. The zero-order valence-electron chi connectivity index (χ0n) is 16.1. The van der Waals surface area contributed by atoms with Gasteiger partial charge in [-0.3, -0.25) is 0 Å². The summed E-state index contributed by atoms with van der Waals surface area (Å²) in [5, 5.41) is 4.72. The van der Waals surface area contributed by atoms with Gasteiger partial charge < -0.3 is 16.4 Å². The number of methoxy groups -OCH3 is 1. The minimum absolute atomic E-state index is 0.200. The second kappa shape index (κ2) is 8.68. The van der Waals surface area contributed by atoms with E-state index in [9.17, 15) is 18.0 Å². The molecular weight excluding hydrogens is 385 g/mol. The molecule has 0 unspecified atom stereocenters. The van der Waals surface area contributed by atoms with Crippen molar-refractivity contribution in [2.45, 2.75) is 20.0 Å². The summed E-state index contributed by atoms with van der Waals surface area (Å²) in [5.74, 6) is 10.8. The summed E-state index contributed by atoms with van der Waals surface area (Å²) in [6, 6.07) is 9.39. The number of hydrogen-bond donors (Lipinski definition) is 2. The Balaban J connectivity index is 0.00000145. The van der Waals surface area contributed by atoms with Crippen molar-refractivity contribution < 1.29 is 22.7 Å². The van der Waals surface area contributed by atoms with Gasteiger partial charge in [0.15, 0.2) is 5.49 Å². The van der Waals surface area contributed by atoms with Crippen molar-refractivity contribution in [3.8, 4) is 11.1 Å². The van der Waals surface area contributed by atoms with Gasteiger partial charge in [-0.25, -0.2) is 9.47 Å². The zero-order valence-corrected chi connectivity index (χ0v) is 16.1. The smallest absolute Gasteiger partial charge is 0.416 e. The first kappa shape index (κ1) is 21.8. The van der Waals surface area contributed by atoms with Crippen LogP contribution in [0.4, 0.5) is 13.2 Å². The largest absolute Gasteiger partial charge is 0.465 e. The van der Waals surface area contributed by atoms with E-state index in [0.717, 1.165) is 16.8 Å². The molecule has 154 valence electrons. The van der Waals surface area contributed by atoms with E-state index in [4.69, 9.17) is 16.4 Å². The van der Waals surface area contributed by atoms with E-state index >= 15 is 0 Å². The number of esters is 1. The molecule has 3 rings (SSSR count). The lowest BCUT2D eigenvalue weighted by atomic mass is 9.98. The number of nitrogens with zero attached hydrogens (tertiary/aromatic N) is 2. The van der Waals surface area contributed by atoms with Crippen LogP contribution in [0.1, 0.15) is 29.8 Å². The highest BCUT2D eigenvalue weighted by atomic mass is 19.4. The van der Waals surface area contributed by atoms with Crippen LogP contribution < -0.4 is 17.2 Å². The van der Waals surface area contributed by atoms with Crippen molar-refractivity contribution in [2.75, 3.05) is 13.0 Å². The summed E-state index contributed by atoms with van der Waals surface area (Å²) in [6.45, 7) is 4.00. The molecule has 3 aromatic rings. The first-order valence-electron chi connectivity index (χ1n) is 8.70. The van der Waals surface area contributed by atoms with E-state index in [1.165, 1.54) is 31.5 Å². The minimum Gasteiger partial charge on any atom is -0.465 e. The third kappa shape index (κ3) is 4.34. The molecule has 29 heavy (non-hydrogen) atoms. The van der Waals surface area contributed by atoms with Crippen LogP contribution in [0.3, 0.4) is 0 Å². The Morgan fingerprint density at radius 3 is 2.21 bits per heavy atom. The van der Waals surface area contributed by atoms with Gasteiger partial charge in [0.2, 0.25) is 0 Å². The molecule has 0 saturated carbocycles. The van der Waals surface area contributed by atoms with Gasteiger partial charge in [-0.1, -0.05) is 32.0 Å². The normalized spacial score (nSPS) is 11.7. The number of rotatable bonds is 2. The number of hydrogen-bond acceptors (Lipinski definition) is 5. The summed E-state index contributed by atoms with van der Waals surface area (Å²) in [7, 11) is 1.25. The minimum atomic E-state index is -4.42. The van der Waals surface area contributed by atoms with Crippen molar-refractivity contribution >= 4 is 16.7 Å². The van der Waals surface area contributed by atoms with Gasteiger partial charge in [-0.05, 0) is 35.2 Å². The average Bonchev–Trinajstić information content (AvgIpc) is 2.73. The summed E-state index contributed by atoms with van der Waals surface area (Å²) in [6.07, 6.45) is -2.92. The SMILES string of the molecule is CC.COC(=O)c1ccc2c(-c3ccc(C(F)(F)F)cc3)cn(N)/c(=N\N)c2c1. The first-order chi connectivity index (χ1) is 13.8. The molecular formula is C20H21F3N4O2. The molecule has 0 amide bonds. The zero-order chi connectivity index (χ0) is 21.8. The third-order valence-corrected chi connectivity index (χ3v) is 4.13. The van der Waals surface area contributed by atoms with Crippen molar-refractivity contribution in [1.82, 2.24) is 4.68 Å². The lowest BCUT2D eigenvalue weighted by molar-refractivity contribution is -0.137. The highest BCUT2D eigenvalue weighted by Gasteiger charge is 2.30. The van der Waals surface area contributed by atoms with Crippen LogP contribution in [0.5, 0.6) is 0 Å². The molecule has 0 aliphatic heterocycles.